The van der Waals surface area contributed by atoms with Gasteiger partial charge in [0.1, 0.15) is 11.5 Å². The summed E-state index contributed by atoms with van der Waals surface area (Å²) in [7, 11) is 1.60. The minimum atomic E-state index is -0.331. The number of nitrogens with one attached hydrogen (secondary N) is 2. The largest absolute Gasteiger partial charge is 0.497 e. The van der Waals surface area contributed by atoms with Gasteiger partial charge in [0.05, 0.1) is 31.1 Å². The molecule has 2 aromatic carbocycles. The van der Waals surface area contributed by atoms with Gasteiger partial charge >= 0.3 is 0 Å². The van der Waals surface area contributed by atoms with E-state index in [1.807, 2.05) is 36.4 Å². The van der Waals surface area contributed by atoms with E-state index < -0.39 is 0 Å². The van der Waals surface area contributed by atoms with Crippen LogP contribution in [0.1, 0.15) is 34.2 Å². The van der Waals surface area contributed by atoms with Gasteiger partial charge in [-0.1, -0.05) is 24.3 Å². The summed E-state index contributed by atoms with van der Waals surface area (Å²) in [5, 5.41) is 7.00. The Morgan fingerprint density at radius 3 is 2.33 bits per heavy atom. The van der Waals surface area contributed by atoms with E-state index in [-0.39, 0.29) is 18.2 Å². The van der Waals surface area contributed by atoms with Crippen molar-refractivity contribution < 1.29 is 18.7 Å². The average Bonchev–Trinajstić information content (AvgIpc) is 3.18. The van der Waals surface area contributed by atoms with E-state index in [2.05, 4.69) is 15.8 Å². The molecule has 30 heavy (non-hydrogen) atoms. The van der Waals surface area contributed by atoms with E-state index >= 15 is 0 Å². The van der Waals surface area contributed by atoms with Gasteiger partial charge in [-0.25, -0.2) is 5.43 Å². The minimum Gasteiger partial charge on any atom is -0.497 e. The number of furan rings is 1. The highest BCUT2D eigenvalue weighted by molar-refractivity contribution is 6.01. The molecule has 0 saturated heterocycles. The van der Waals surface area contributed by atoms with Crippen LogP contribution in [0.25, 0.3) is 0 Å². The molecule has 0 aliphatic heterocycles. The Balaban J connectivity index is 1.56. The van der Waals surface area contributed by atoms with Crippen molar-refractivity contribution in [3.63, 3.8) is 0 Å². The Labute approximate surface area is 174 Å². The second-order valence-electron chi connectivity index (χ2n) is 6.68. The number of hydrazone groups is 1. The van der Waals surface area contributed by atoms with Crippen LogP contribution in [-0.4, -0.2) is 24.6 Å². The third-order valence-corrected chi connectivity index (χ3v) is 4.54. The van der Waals surface area contributed by atoms with E-state index in [1.54, 1.807) is 39.2 Å². The van der Waals surface area contributed by atoms with Crippen LogP contribution < -0.4 is 15.5 Å². The fourth-order valence-corrected chi connectivity index (χ4v) is 2.81. The summed E-state index contributed by atoms with van der Waals surface area (Å²) in [6, 6.07) is 16.2. The average molecular weight is 405 g/mol. The van der Waals surface area contributed by atoms with Crippen molar-refractivity contribution in [2.45, 2.75) is 20.3 Å². The van der Waals surface area contributed by atoms with E-state index in [0.29, 0.717) is 22.7 Å². The van der Waals surface area contributed by atoms with Gasteiger partial charge in [-0.3, -0.25) is 9.59 Å². The lowest BCUT2D eigenvalue weighted by Gasteiger charge is -2.08. The first-order chi connectivity index (χ1) is 14.5. The molecule has 0 spiro atoms. The van der Waals surface area contributed by atoms with E-state index in [1.165, 1.54) is 6.26 Å². The van der Waals surface area contributed by atoms with Crippen molar-refractivity contribution in [1.29, 1.82) is 0 Å². The van der Waals surface area contributed by atoms with Gasteiger partial charge in [0.25, 0.3) is 5.91 Å². The Kier molecular flexibility index (Phi) is 6.64. The number of hydrogen-bond donors (Lipinski definition) is 2. The highest BCUT2D eigenvalue weighted by Gasteiger charge is 2.11. The molecule has 0 aliphatic carbocycles. The summed E-state index contributed by atoms with van der Waals surface area (Å²) in [5.74, 6) is 0.849. The smallest absolute Gasteiger partial charge is 0.274 e. The third-order valence-electron chi connectivity index (χ3n) is 4.54. The van der Waals surface area contributed by atoms with E-state index in [9.17, 15) is 9.59 Å². The fraction of sp³-hybridized carbons (Fsp3) is 0.174. The topological polar surface area (TPSA) is 92.9 Å². The molecule has 0 saturated carbocycles. The molecule has 3 aromatic rings. The number of rotatable bonds is 7. The molecular formula is C23H23N3O4. The third kappa shape index (κ3) is 5.35. The van der Waals surface area contributed by atoms with Crippen molar-refractivity contribution >= 4 is 23.2 Å². The Morgan fingerprint density at radius 1 is 1.03 bits per heavy atom. The molecule has 2 amide bonds. The number of amides is 2. The molecule has 1 aromatic heterocycles. The maximum atomic E-state index is 12.3. The maximum Gasteiger partial charge on any atom is 0.274 e. The summed E-state index contributed by atoms with van der Waals surface area (Å²) in [4.78, 5) is 24.3. The second kappa shape index (κ2) is 9.56. The molecule has 0 fully saturated rings. The molecular weight excluding hydrogens is 382 g/mol. The van der Waals surface area contributed by atoms with Crippen LogP contribution in [0.15, 0.2) is 70.4 Å². The van der Waals surface area contributed by atoms with Crippen LogP contribution in [0.5, 0.6) is 5.75 Å². The molecule has 0 radical (unpaired) electrons. The lowest BCUT2D eigenvalue weighted by Crippen LogP contribution is -2.19. The van der Waals surface area contributed by atoms with Crippen LogP contribution >= 0.6 is 0 Å². The number of carbonyl (C=O) groups excluding carboxylic acids is 2. The molecule has 1 heterocycles. The Bertz CT molecular complexity index is 1050. The number of aryl methyl sites for hydroxylation is 1. The van der Waals surface area contributed by atoms with Gasteiger partial charge in [0.2, 0.25) is 5.91 Å². The fourth-order valence-electron chi connectivity index (χ4n) is 2.81. The van der Waals surface area contributed by atoms with Crippen LogP contribution in [0.4, 0.5) is 5.69 Å². The van der Waals surface area contributed by atoms with Crippen LogP contribution in [-0.2, 0) is 11.2 Å². The monoisotopic (exact) mass is 405 g/mol. The van der Waals surface area contributed by atoms with Crippen LogP contribution in [0.2, 0.25) is 0 Å². The Hall–Kier alpha value is -3.87. The van der Waals surface area contributed by atoms with Gasteiger partial charge in [-0.15, -0.1) is 0 Å². The first kappa shape index (κ1) is 20.9. The van der Waals surface area contributed by atoms with Crippen LogP contribution in [0, 0.1) is 6.92 Å². The molecule has 0 aliphatic rings. The number of hydrogen-bond acceptors (Lipinski definition) is 5. The molecule has 0 atom stereocenters. The molecule has 0 bridgehead atoms. The first-order valence-corrected chi connectivity index (χ1v) is 9.38. The molecule has 7 heteroatoms. The van der Waals surface area contributed by atoms with Gasteiger partial charge in [-0.05, 0) is 55.3 Å². The second-order valence-corrected chi connectivity index (χ2v) is 6.68. The molecule has 2 N–H and O–H groups in total. The molecule has 154 valence electrons. The Morgan fingerprint density at radius 2 is 1.73 bits per heavy atom. The predicted molar refractivity (Wildman–Crippen MR) is 115 cm³/mol. The number of nitrogens with zero attached hydrogens (tertiary/aromatic N) is 1. The zero-order valence-corrected chi connectivity index (χ0v) is 17.1. The highest BCUT2D eigenvalue weighted by atomic mass is 16.5. The lowest BCUT2D eigenvalue weighted by molar-refractivity contribution is -0.115. The van der Waals surface area contributed by atoms with Crippen molar-refractivity contribution in [3.8, 4) is 5.75 Å². The van der Waals surface area contributed by atoms with Gasteiger partial charge in [-0.2, -0.15) is 5.10 Å². The molecule has 0 unspecified atom stereocenters. The van der Waals surface area contributed by atoms with E-state index in [4.69, 9.17) is 9.15 Å². The number of ether oxygens (including phenoxy) is 1. The normalized spacial score (nSPS) is 11.1. The zero-order chi connectivity index (χ0) is 21.5. The van der Waals surface area contributed by atoms with Crippen molar-refractivity contribution in [3.05, 3.63) is 83.3 Å². The summed E-state index contributed by atoms with van der Waals surface area (Å²) < 4.78 is 10.2. The number of carbonyl (C=O) groups is 2. The van der Waals surface area contributed by atoms with Gasteiger partial charge < -0.3 is 14.5 Å². The first-order valence-electron chi connectivity index (χ1n) is 9.38. The minimum absolute atomic E-state index is 0.110. The van der Waals surface area contributed by atoms with Gasteiger partial charge in [0, 0.05) is 5.69 Å². The van der Waals surface area contributed by atoms with Crippen molar-refractivity contribution in [2.75, 3.05) is 12.4 Å². The summed E-state index contributed by atoms with van der Waals surface area (Å²) in [5.41, 5.74) is 6.01. The van der Waals surface area contributed by atoms with Gasteiger partial charge in [0.15, 0.2) is 0 Å². The van der Waals surface area contributed by atoms with Crippen molar-refractivity contribution in [1.82, 2.24) is 5.43 Å². The summed E-state index contributed by atoms with van der Waals surface area (Å²) in [6.45, 7) is 3.51. The standard InChI is InChI=1S/C23H23N3O4/c1-15(25-26-23(28)21-12-13-30-16(21)2)18-6-8-19(9-7-18)24-22(27)14-17-4-10-20(29-3)11-5-17/h4-13H,14H2,1-3H3,(H,24,27)(H,26,28). The molecule has 7 nitrogen and oxygen atoms in total. The van der Waals surface area contributed by atoms with Crippen LogP contribution in [0.3, 0.4) is 0 Å². The number of benzene rings is 2. The maximum absolute atomic E-state index is 12.3. The number of methoxy groups -OCH3 is 1. The molecule has 3 rings (SSSR count). The quantitative estimate of drug-likeness (QED) is 0.460. The number of anilines is 1. The lowest BCUT2D eigenvalue weighted by atomic mass is 10.1. The van der Waals surface area contributed by atoms with Crippen molar-refractivity contribution in [2.24, 2.45) is 5.10 Å². The SMILES string of the molecule is COc1ccc(CC(=O)Nc2ccc(C(C)=NNC(=O)c3ccoc3C)cc2)cc1. The summed E-state index contributed by atoms with van der Waals surface area (Å²) in [6.07, 6.45) is 1.73. The highest BCUT2D eigenvalue weighted by Crippen LogP contribution is 2.14. The van der Waals surface area contributed by atoms with E-state index in [0.717, 1.165) is 16.9 Å². The predicted octanol–water partition coefficient (Wildman–Crippen LogP) is 3.93. The summed E-state index contributed by atoms with van der Waals surface area (Å²) >= 11 is 0. The zero-order valence-electron chi connectivity index (χ0n) is 17.1.